The van der Waals surface area contributed by atoms with Gasteiger partial charge in [0.25, 0.3) is 0 Å². The zero-order valence-corrected chi connectivity index (χ0v) is 17.7. The fourth-order valence-electron chi connectivity index (χ4n) is 4.21. The zero-order valence-electron chi connectivity index (χ0n) is 17.7. The van der Waals surface area contributed by atoms with Gasteiger partial charge in [0.15, 0.2) is 11.6 Å². The number of carbonyl (C=O) groups excluding carboxylic acids is 1. The van der Waals surface area contributed by atoms with Crippen molar-refractivity contribution in [2.45, 2.75) is 45.1 Å². The van der Waals surface area contributed by atoms with Crippen molar-refractivity contribution in [1.29, 1.82) is 0 Å². The molecule has 6 heteroatoms. The fourth-order valence-corrected chi connectivity index (χ4v) is 4.21. The Bertz CT molecular complexity index is 1050. The summed E-state index contributed by atoms with van der Waals surface area (Å²) in [6.07, 6.45) is 4.83. The van der Waals surface area contributed by atoms with Crippen molar-refractivity contribution in [3.63, 3.8) is 0 Å². The number of hydrogen-bond donors (Lipinski definition) is 1. The first-order chi connectivity index (χ1) is 15.0. The number of carbonyl (C=O) groups is 1. The molecule has 5 nitrogen and oxygen atoms in total. The lowest BCUT2D eigenvalue weighted by molar-refractivity contribution is -0.117. The van der Waals surface area contributed by atoms with Crippen LogP contribution in [0.5, 0.6) is 0 Å². The van der Waals surface area contributed by atoms with Crippen LogP contribution >= 0.6 is 0 Å². The molecule has 1 saturated heterocycles. The summed E-state index contributed by atoms with van der Waals surface area (Å²) in [5, 5.41) is 0. The van der Waals surface area contributed by atoms with Crippen LogP contribution in [0.3, 0.4) is 0 Å². The standard InChI is InChI=1S/C25H27FN4O/c1-17-4-11-20(12-5-17)22-3-2-14-30(22)25-24(26)21(28-16-29-25)13-10-18-6-8-19(9-7-18)15-23(27)31/h4-9,11-12,16,22H,2-3,10,13-15H2,1H3,(H2,27,31). The molecule has 1 fully saturated rings. The van der Waals surface area contributed by atoms with Crippen LogP contribution in [0.2, 0.25) is 0 Å². The minimum Gasteiger partial charge on any atom is -0.369 e. The molecule has 2 aromatic carbocycles. The Morgan fingerprint density at radius 3 is 2.48 bits per heavy atom. The third-order valence-electron chi connectivity index (χ3n) is 5.88. The maximum absolute atomic E-state index is 15.4. The molecule has 0 spiro atoms. The highest BCUT2D eigenvalue weighted by molar-refractivity contribution is 5.76. The summed E-state index contributed by atoms with van der Waals surface area (Å²) in [6, 6.07) is 16.3. The second kappa shape index (κ2) is 9.25. The van der Waals surface area contributed by atoms with Crippen LogP contribution in [0.15, 0.2) is 54.9 Å². The Morgan fingerprint density at radius 1 is 1.06 bits per heavy atom. The van der Waals surface area contributed by atoms with Crippen molar-refractivity contribution in [1.82, 2.24) is 9.97 Å². The molecule has 2 N–H and O–H groups in total. The summed E-state index contributed by atoms with van der Waals surface area (Å²) >= 11 is 0. The minimum absolute atomic E-state index is 0.135. The summed E-state index contributed by atoms with van der Waals surface area (Å²) in [5.41, 5.74) is 10.0. The second-order valence-corrected chi connectivity index (χ2v) is 8.18. The molecule has 1 unspecified atom stereocenters. The number of nitrogens with two attached hydrogens (primary N) is 1. The Kier molecular flexibility index (Phi) is 6.26. The molecule has 1 aliphatic rings. The third-order valence-corrected chi connectivity index (χ3v) is 5.88. The van der Waals surface area contributed by atoms with E-state index >= 15 is 4.39 Å². The van der Waals surface area contributed by atoms with E-state index in [1.807, 2.05) is 24.3 Å². The number of primary amides is 1. The van der Waals surface area contributed by atoms with Gasteiger partial charge in [0, 0.05) is 6.54 Å². The predicted molar refractivity (Wildman–Crippen MR) is 119 cm³/mol. The molecule has 2 heterocycles. The summed E-state index contributed by atoms with van der Waals surface area (Å²) < 4.78 is 15.4. The summed E-state index contributed by atoms with van der Waals surface area (Å²) in [5.74, 6) is -0.286. The lowest BCUT2D eigenvalue weighted by Gasteiger charge is -2.27. The van der Waals surface area contributed by atoms with Gasteiger partial charge in [0.05, 0.1) is 18.2 Å². The van der Waals surface area contributed by atoms with Crippen molar-refractivity contribution in [3.8, 4) is 0 Å². The van der Waals surface area contributed by atoms with Gasteiger partial charge in [-0.1, -0.05) is 54.1 Å². The number of rotatable bonds is 7. The van der Waals surface area contributed by atoms with E-state index in [9.17, 15) is 4.79 Å². The molecule has 0 radical (unpaired) electrons. The van der Waals surface area contributed by atoms with Gasteiger partial charge in [-0.05, 0) is 49.3 Å². The molecule has 0 saturated carbocycles. The molecule has 31 heavy (non-hydrogen) atoms. The van der Waals surface area contributed by atoms with Gasteiger partial charge in [0.2, 0.25) is 5.91 Å². The lowest BCUT2D eigenvalue weighted by atomic mass is 10.0. The molecule has 1 aliphatic heterocycles. The maximum atomic E-state index is 15.4. The van der Waals surface area contributed by atoms with E-state index in [1.54, 1.807) is 0 Å². The van der Waals surface area contributed by atoms with Crippen LogP contribution in [0.25, 0.3) is 0 Å². The number of anilines is 1. The highest BCUT2D eigenvalue weighted by Gasteiger charge is 2.30. The number of nitrogens with zero attached hydrogens (tertiary/aromatic N) is 3. The minimum atomic E-state index is -0.353. The van der Waals surface area contributed by atoms with E-state index in [4.69, 9.17) is 5.73 Å². The Morgan fingerprint density at radius 2 is 1.77 bits per heavy atom. The zero-order chi connectivity index (χ0) is 21.8. The van der Waals surface area contributed by atoms with Gasteiger partial charge in [-0.15, -0.1) is 0 Å². The first-order valence-electron chi connectivity index (χ1n) is 10.7. The van der Waals surface area contributed by atoms with Gasteiger partial charge in [-0.3, -0.25) is 4.79 Å². The van der Waals surface area contributed by atoms with Gasteiger partial charge in [-0.25, -0.2) is 14.4 Å². The molecule has 4 rings (SSSR count). The van der Waals surface area contributed by atoms with Crippen LogP contribution in [0, 0.1) is 12.7 Å². The molecular weight excluding hydrogens is 391 g/mol. The monoisotopic (exact) mass is 418 g/mol. The highest BCUT2D eigenvalue weighted by atomic mass is 19.1. The van der Waals surface area contributed by atoms with Crippen LogP contribution < -0.4 is 10.6 Å². The average Bonchev–Trinajstić information content (AvgIpc) is 3.24. The number of benzene rings is 2. The van der Waals surface area contributed by atoms with Gasteiger partial charge in [0.1, 0.15) is 6.33 Å². The Labute approximate surface area is 182 Å². The van der Waals surface area contributed by atoms with E-state index in [-0.39, 0.29) is 24.2 Å². The Balaban J connectivity index is 1.49. The smallest absolute Gasteiger partial charge is 0.221 e. The van der Waals surface area contributed by atoms with Crippen LogP contribution in [0.1, 0.15) is 46.8 Å². The van der Waals surface area contributed by atoms with Crippen LogP contribution in [-0.4, -0.2) is 22.4 Å². The molecule has 160 valence electrons. The Hall–Kier alpha value is -3.28. The molecule has 1 aromatic heterocycles. The third kappa shape index (κ3) is 4.90. The highest BCUT2D eigenvalue weighted by Crippen LogP contribution is 2.36. The molecular formula is C25H27FN4O. The fraction of sp³-hybridized carbons (Fsp3) is 0.320. The van der Waals surface area contributed by atoms with Gasteiger partial charge < -0.3 is 10.6 Å². The van der Waals surface area contributed by atoms with E-state index in [0.29, 0.717) is 24.4 Å². The quantitative estimate of drug-likeness (QED) is 0.628. The maximum Gasteiger partial charge on any atom is 0.221 e. The van der Waals surface area contributed by atoms with Crippen molar-refractivity contribution < 1.29 is 9.18 Å². The lowest BCUT2D eigenvalue weighted by Crippen LogP contribution is -2.25. The molecule has 1 amide bonds. The predicted octanol–water partition coefficient (Wildman–Crippen LogP) is 4.08. The number of halogens is 1. The topological polar surface area (TPSA) is 72.1 Å². The van der Waals surface area contributed by atoms with Gasteiger partial charge in [-0.2, -0.15) is 0 Å². The first kappa shape index (κ1) is 21.0. The van der Waals surface area contributed by atoms with Crippen LogP contribution in [-0.2, 0) is 24.1 Å². The summed E-state index contributed by atoms with van der Waals surface area (Å²) in [4.78, 5) is 21.6. The van der Waals surface area contributed by atoms with E-state index in [0.717, 1.165) is 30.5 Å². The molecule has 1 atom stereocenters. The number of aromatic nitrogens is 2. The normalized spacial score (nSPS) is 15.9. The second-order valence-electron chi connectivity index (χ2n) is 8.18. The number of aryl methyl sites for hydroxylation is 3. The number of hydrogen-bond acceptors (Lipinski definition) is 4. The van der Waals surface area contributed by atoms with E-state index in [1.165, 1.54) is 17.5 Å². The SMILES string of the molecule is Cc1ccc(C2CCCN2c2ncnc(CCc3ccc(CC(N)=O)cc3)c2F)cc1. The van der Waals surface area contributed by atoms with Crippen molar-refractivity contribution in [2.24, 2.45) is 5.73 Å². The molecule has 0 bridgehead atoms. The van der Waals surface area contributed by atoms with E-state index < -0.39 is 0 Å². The summed E-state index contributed by atoms with van der Waals surface area (Å²) in [7, 11) is 0. The summed E-state index contributed by atoms with van der Waals surface area (Å²) in [6.45, 7) is 2.85. The van der Waals surface area contributed by atoms with Crippen molar-refractivity contribution in [3.05, 3.63) is 88.6 Å². The van der Waals surface area contributed by atoms with E-state index in [2.05, 4.69) is 46.1 Å². The number of amides is 1. The van der Waals surface area contributed by atoms with Crippen molar-refractivity contribution >= 4 is 11.7 Å². The first-order valence-corrected chi connectivity index (χ1v) is 10.7. The van der Waals surface area contributed by atoms with Gasteiger partial charge >= 0.3 is 0 Å². The van der Waals surface area contributed by atoms with Crippen LogP contribution in [0.4, 0.5) is 10.2 Å². The molecule has 3 aromatic rings. The molecule has 0 aliphatic carbocycles. The van der Waals surface area contributed by atoms with Crippen molar-refractivity contribution in [2.75, 3.05) is 11.4 Å². The average molecular weight is 419 g/mol. The largest absolute Gasteiger partial charge is 0.369 e.